The molecule has 0 saturated heterocycles. The SMILES string of the molecule is CCCNc1nnc(SC(C)C(=O)NCC(C)c2ccccc2)s1. The van der Waals surface area contributed by atoms with Gasteiger partial charge in [-0.15, -0.1) is 10.2 Å². The molecule has 0 radical (unpaired) electrons. The van der Waals surface area contributed by atoms with Crippen LogP contribution in [0.15, 0.2) is 34.7 Å². The second-order valence-electron chi connectivity index (χ2n) is 5.62. The number of hydrogen-bond donors (Lipinski definition) is 2. The number of carbonyl (C=O) groups is 1. The summed E-state index contributed by atoms with van der Waals surface area (Å²) in [5, 5.41) is 15.1. The van der Waals surface area contributed by atoms with E-state index in [1.165, 1.54) is 28.7 Å². The van der Waals surface area contributed by atoms with Crippen molar-refractivity contribution in [3.8, 4) is 0 Å². The number of hydrogen-bond acceptors (Lipinski definition) is 6. The molecule has 7 heteroatoms. The number of amides is 1. The first kappa shape index (κ1) is 18.7. The first-order valence-electron chi connectivity index (χ1n) is 8.16. The summed E-state index contributed by atoms with van der Waals surface area (Å²) < 4.78 is 0.812. The Kier molecular flexibility index (Phi) is 7.52. The minimum atomic E-state index is -0.194. The van der Waals surface area contributed by atoms with Gasteiger partial charge in [0.25, 0.3) is 0 Å². The predicted molar refractivity (Wildman–Crippen MR) is 102 cm³/mol. The van der Waals surface area contributed by atoms with Gasteiger partial charge in [-0.1, -0.05) is 67.3 Å². The first-order chi connectivity index (χ1) is 11.6. The molecule has 2 aromatic rings. The van der Waals surface area contributed by atoms with Crippen molar-refractivity contribution in [3.63, 3.8) is 0 Å². The zero-order valence-electron chi connectivity index (χ0n) is 14.3. The van der Waals surface area contributed by atoms with Gasteiger partial charge >= 0.3 is 0 Å². The normalized spacial score (nSPS) is 13.3. The lowest BCUT2D eigenvalue weighted by Gasteiger charge is -2.15. The van der Waals surface area contributed by atoms with Crippen molar-refractivity contribution >= 4 is 34.1 Å². The molecule has 0 bridgehead atoms. The fraction of sp³-hybridized carbons (Fsp3) is 0.471. The van der Waals surface area contributed by atoms with Crippen LogP contribution in [0.2, 0.25) is 0 Å². The van der Waals surface area contributed by atoms with Crippen LogP contribution in [0.1, 0.15) is 38.7 Å². The van der Waals surface area contributed by atoms with E-state index in [1.807, 2.05) is 25.1 Å². The fourth-order valence-electron chi connectivity index (χ4n) is 2.06. The highest BCUT2D eigenvalue weighted by molar-refractivity contribution is 8.02. The molecule has 2 rings (SSSR count). The number of anilines is 1. The van der Waals surface area contributed by atoms with Gasteiger partial charge in [0.2, 0.25) is 11.0 Å². The van der Waals surface area contributed by atoms with Crippen molar-refractivity contribution in [2.75, 3.05) is 18.4 Å². The number of benzene rings is 1. The van der Waals surface area contributed by atoms with Gasteiger partial charge in [0.15, 0.2) is 4.34 Å². The fourth-order valence-corrected chi connectivity index (χ4v) is 4.01. The zero-order chi connectivity index (χ0) is 17.4. The van der Waals surface area contributed by atoms with E-state index in [2.05, 4.69) is 46.8 Å². The van der Waals surface area contributed by atoms with Crippen LogP contribution >= 0.6 is 23.1 Å². The highest BCUT2D eigenvalue weighted by atomic mass is 32.2. The number of thioether (sulfide) groups is 1. The maximum Gasteiger partial charge on any atom is 0.233 e. The molecule has 24 heavy (non-hydrogen) atoms. The zero-order valence-corrected chi connectivity index (χ0v) is 15.9. The average molecular weight is 365 g/mol. The van der Waals surface area contributed by atoms with Gasteiger partial charge in [0.1, 0.15) is 0 Å². The number of nitrogens with one attached hydrogen (secondary N) is 2. The third-order valence-electron chi connectivity index (χ3n) is 3.53. The van der Waals surface area contributed by atoms with E-state index in [-0.39, 0.29) is 11.2 Å². The topological polar surface area (TPSA) is 66.9 Å². The molecule has 130 valence electrons. The Labute approximate surface area is 151 Å². The van der Waals surface area contributed by atoms with Gasteiger partial charge in [-0.05, 0) is 24.8 Å². The molecule has 2 atom stereocenters. The molecule has 0 fully saturated rings. The molecule has 5 nitrogen and oxygen atoms in total. The summed E-state index contributed by atoms with van der Waals surface area (Å²) in [7, 11) is 0. The molecule has 2 unspecified atom stereocenters. The van der Waals surface area contributed by atoms with Gasteiger partial charge in [0, 0.05) is 13.1 Å². The molecule has 1 aromatic heterocycles. The van der Waals surface area contributed by atoms with Crippen molar-refractivity contribution in [1.82, 2.24) is 15.5 Å². The molecule has 1 amide bonds. The van der Waals surface area contributed by atoms with E-state index in [4.69, 9.17) is 0 Å². The van der Waals surface area contributed by atoms with Crippen molar-refractivity contribution in [1.29, 1.82) is 0 Å². The Bertz CT molecular complexity index is 633. The molecule has 2 N–H and O–H groups in total. The largest absolute Gasteiger partial charge is 0.360 e. The van der Waals surface area contributed by atoms with Crippen LogP contribution in [0.5, 0.6) is 0 Å². The monoisotopic (exact) mass is 364 g/mol. The lowest BCUT2D eigenvalue weighted by molar-refractivity contribution is -0.120. The Balaban J connectivity index is 1.78. The second-order valence-corrected chi connectivity index (χ2v) is 8.18. The number of rotatable bonds is 9. The summed E-state index contributed by atoms with van der Waals surface area (Å²) in [5.41, 5.74) is 1.23. The van der Waals surface area contributed by atoms with Crippen LogP contribution in [0.3, 0.4) is 0 Å². The average Bonchev–Trinajstić information content (AvgIpc) is 3.05. The van der Waals surface area contributed by atoms with Crippen LogP contribution in [0.4, 0.5) is 5.13 Å². The summed E-state index contributed by atoms with van der Waals surface area (Å²) in [6.45, 7) is 7.63. The minimum Gasteiger partial charge on any atom is -0.360 e. The van der Waals surface area contributed by atoms with Gasteiger partial charge in [0.05, 0.1) is 5.25 Å². The third kappa shape index (κ3) is 5.79. The summed E-state index contributed by atoms with van der Waals surface area (Å²) in [5.74, 6) is 0.319. The maximum atomic E-state index is 12.3. The van der Waals surface area contributed by atoms with Crippen LogP contribution in [-0.4, -0.2) is 34.4 Å². The van der Waals surface area contributed by atoms with Crippen molar-refractivity contribution in [3.05, 3.63) is 35.9 Å². The lowest BCUT2D eigenvalue weighted by atomic mass is 10.0. The number of aromatic nitrogens is 2. The third-order valence-corrected chi connectivity index (χ3v) is 5.60. The van der Waals surface area contributed by atoms with Gasteiger partial charge in [-0.25, -0.2) is 0 Å². The molecule has 0 spiro atoms. The van der Waals surface area contributed by atoms with Crippen LogP contribution in [0.25, 0.3) is 0 Å². The summed E-state index contributed by atoms with van der Waals surface area (Å²) in [6, 6.07) is 10.2. The van der Waals surface area contributed by atoms with Gasteiger partial charge < -0.3 is 10.6 Å². The smallest absolute Gasteiger partial charge is 0.233 e. The highest BCUT2D eigenvalue weighted by Crippen LogP contribution is 2.29. The Morgan fingerprint density at radius 3 is 2.71 bits per heavy atom. The van der Waals surface area contributed by atoms with Gasteiger partial charge in [-0.2, -0.15) is 0 Å². The molecular formula is C17H24N4OS2. The maximum absolute atomic E-state index is 12.3. The van der Waals surface area contributed by atoms with E-state index in [0.717, 1.165) is 22.4 Å². The van der Waals surface area contributed by atoms with E-state index in [9.17, 15) is 4.79 Å². The second kappa shape index (κ2) is 9.64. The van der Waals surface area contributed by atoms with Crippen molar-refractivity contribution in [2.24, 2.45) is 0 Å². The van der Waals surface area contributed by atoms with E-state index in [1.54, 1.807) is 0 Å². The predicted octanol–water partition coefficient (Wildman–Crippen LogP) is 3.76. The number of nitrogens with zero attached hydrogens (tertiary/aromatic N) is 2. The van der Waals surface area contributed by atoms with Crippen LogP contribution < -0.4 is 10.6 Å². The standard InChI is InChI=1S/C17H24N4OS2/c1-4-10-18-16-20-21-17(24-16)23-13(3)15(22)19-11-12(2)14-8-6-5-7-9-14/h5-9,12-13H,4,10-11H2,1-3H3,(H,18,20)(H,19,22). The minimum absolute atomic E-state index is 0.0287. The van der Waals surface area contributed by atoms with Gasteiger partial charge in [-0.3, -0.25) is 4.79 Å². The number of carbonyl (C=O) groups excluding carboxylic acids is 1. The lowest BCUT2D eigenvalue weighted by Crippen LogP contribution is -2.33. The first-order valence-corrected chi connectivity index (χ1v) is 9.86. The van der Waals surface area contributed by atoms with E-state index < -0.39 is 0 Å². The highest BCUT2D eigenvalue weighted by Gasteiger charge is 2.18. The summed E-state index contributed by atoms with van der Waals surface area (Å²) >= 11 is 2.94. The van der Waals surface area contributed by atoms with E-state index >= 15 is 0 Å². The Morgan fingerprint density at radius 2 is 2.00 bits per heavy atom. The summed E-state index contributed by atoms with van der Waals surface area (Å²) in [4.78, 5) is 12.3. The van der Waals surface area contributed by atoms with E-state index in [0.29, 0.717) is 12.5 Å². The molecule has 0 aliphatic heterocycles. The quantitative estimate of drug-likeness (QED) is 0.663. The van der Waals surface area contributed by atoms with Crippen molar-refractivity contribution in [2.45, 2.75) is 42.7 Å². The van der Waals surface area contributed by atoms with Crippen LogP contribution in [-0.2, 0) is 4.79 Å². The molecular weight excluding hydrogens is 340 g/mol. The summed E-state index contributed by atoms with van der Waals surface area (Å²) in [6.07, 6.45) is 1.04. The molecule has 1 heterocycles. The Hall–Kier alpha value is -1.60. The van der Waals surface area contributed by atoms with Crippen LogP contribution in [0, 0.1) is 0 Å². The molecule has 0 saturated carbocycles. The molecule has 0 aliphatic carbocycles. The molecule has 1 aromatic carbocycles. The molecule has 0 aliphatic rings. The van der Waals surface area contributed by atoms with Crippen molar-refractivity contribution < 1.29 is 4.79 Å². The Morgan fingerprint density at radius 1 is 1.25 bits per heavy atom.